The van der Waals surface area contributed by atoms with Crippen LogP contribution in [0.5, 0.6) is 0 Å². The minimum absolute atomic E-state index is 0.0824. The highest BCUT2D eigenvalue weighted by atomic mass is 16.6. The van der Waals surface area contributed by atoms with Gasteiger partial charge in [0.25, 0.3) is 0 Å². The number of benzene rings is 1. The van der Waals surface area contributed by atoms with Crippen molar-refractivity contribution in [1.29, 1.82) is 0 Å². The number of aromatic nitrogens is 2. The Kier molecular flexibility index (Phi) is 5.45. The number of pyridine rings is 1. The summed E-state index contributed by atoms with van der Waals surface area (Å²) in [6.07, 6.45) is 6.78. The number of esters is 1. The minimum Gasteiger partial charge on any atom is -0.460 e. The summed E-state index contributed by atoms with van der Waals surface area (Å²) in [6.45, 7) is 7.52. The highest BCUT2D eigenvalue weighted by Crippen LogP contribution is 2.25. The van der Waals surface area contributed by atoms with Crippen LogP contribution in [-0.4, -0.2) is 27.3 Å². The molecule has 2 aromatic heterocycles. The van der Waals surface area contributed by atoms with Gasteiger partial charge >= 0.3 is 5.97 Å². The summed E-state index contributed by atoms with van der Waals surface area (Å²) < 4.78 is 5.41. The number of ketones is 1. The lowest BCUT2D eigenvalue weighted by Gasteiger charge is -2.19. The van der Waals surface area contributed by atoms with Gasteiger partial charge in [-0.1, -0.05) is 6.07 Å². The molecule has 0 saturated heterocycles. The molecule has 0 aliphatic carbocycles. The van der Waals surface area contributed by atoms with Crippen LogP contribution in [0, 0.1) is 6.92 Å². The summed E-state index contributed by atoms with van der Waals surface area (Å²) in [7, 11) is 0. The third-order valence-corrected chi connectivity index (χ3v) is 4.24. The topological polar surface area (TPSA) is 72.1 Å². The fraction of sp³-hybridized carbons (Fsp3) is 0.261. The zero-order valence-corrected chi connectivity index (χ0v) is 16.6. The standard InChI is InChI=1S/C23H24N2O3/c1-15-18(6-8-21(26)17-9-11-24-12-10-17)19-13-16(5-7-20(19)25-15)14-22(27)28-23(2,3)4/h5-13,25H,14H2,1-4H3/b8-6+. The van der Waals surface area contributed by atoms with E-state index in [0.717, 1.165) is 27.7 Å². The van der Waals surface area contributed by atoms with Gasteiger partial charge in [-0.25, -0.2) is 0 Å². The van der Waals surface area contributed by atoms with Crippen molar-refractivity contribution in [3.05, 3.63) is 71.2 Å². The van der Waals surface area contributed by atoms with Crippen molar-refractivity contribution in [2.45, 2.75) is 39.7 Å². The first-order chi connectivity index (χ1) is 13.2. The SMILES string of the molecule is Cc1[nH]c2ccc(CC(=O)OC(C)(C)C)cc2c1/C=C/C(=O)c1ccncc1. The molecule has 0 atom stereocenters. The molecular weight excluding hydrogens is 352 g/mol. The Morgan fingerprint density at radius 2 is 1.86 bits per heavy atom. The molecule has 0 saturated carbocycles. The van der Waals surface area contributed by atoms with Gasteiger partial charge in [-0.15, -0.1) is 0 Å². The van der Waals surface area contributed by atoms with Gasteiger partial charge in [-0.2, -0.15) is 0 Å². The number of aryl methyl sites for hydroxylation is 1. The Hall–Kier alpha value is -3.21. The minimum atomic E-state index is -0.507. The molecule has 1 N–H and O–H groups in total. The molecule has 0 aliphatic heterocycles. The van der Waals surface area contributed by atoms with E-state index < -0.39 is 5.60 Å². The maximum atomic E-state index is 12.3. The van der Waals surface area contributed by atoms with Crippen LogP contribution in [-0.2, 0) is 16.0 Å². The average Bonchev–Trinajstić information content (AvgIpc) is 2.93. The molecule has 0 bridgehead atoms. The maximum absolute atomic E-state index is 12.3. The second kappa shape index (κ2) is 7.80. The summed E-state index contributed by atoms with van der Waals surface area (Å²) in [5, 5.41) is 0.970. The van der Waals surface area contributed by atoms with E-state index in [2.05, 4.69) is 9.97 Å². The molecule has 28 heavy (non-hydrogen) atoms. The number of fused-ring (bicyclic) bond motifs is 1. The fourth-order valence-electron chi connectivity index (χ4n) is 3.04. The van der Waals surface area contributed by atoms with Gasteiger partial charge in [0.2, 0.25) is 0 Å². The molecule has 0 spiro atoms. The number of rotatable bonds is 5. The van der Waals surface area contributed by atoms with E-state index in [1.807, 2.05) is 52.0 Å². The Morgan fingerprint density at radius 3 is 2.54 bits per heavy atom. The first kappa shape index (κ1) is 19.5. The highest BCUT2D eigenvalue weighted by Gasteiger charge is 2.17. The number of hydrogen-bond donors (Lipinski definition) is 1. The zero-order valence-electron chi connectivity index (χ0n) is 16.6. The number of allylic oxidation sites excluding steroid dienone is 1. The predicted octanol–water partition coefficient (Wildman–Crippen LogP) is 4.65. The van der Waals surface area contributed by atoms with Crippen LogP contribution < -0.4 is 0 Å². The van der Waals surface area contributed by atoms with Crippen LogP contribution in [0.3, 0.4) is 0 Å². The van der Waals surface area contributed by atoms with Crippen LogP contribution in [0.2, 0.25) is 0 Å². The Morgan fingerprint density at radius 1 is 1.14 bits per heavy atom. The van der Waals surface area contributed by atoms with Crippen molar-refractivity contribution in [3.8, 4) is 0 Å². The normalized spacial score (nSPS) is 11.9. The molecule has 0 unspecified atom stereocenters. The van der Waals surface area contributed by atoms with E-state index in [1.54, 1.807) is 30.6 Å². The summed E-state index contributed by atoms with van der Waals surface area (Å²) in [6, 6.07) is 9.21. The molecule has 0 aliphatic rings. The lowest BCUT2D eigenvalue weighted by molar-refractivity contribution is -0.153. The Labute approximate surface area is 164 Å². The van der Waals surface area contributed by atoms with Crippen molar-refractivity contribution in [2.24, 2.45) is 0 Å². The van der Waals surface area contributed by atoms with Gasteiger partial charge in [0.05, 0.1) is 6.42 Å². The lowest BCUT2D eigenvalue weighted by atomic mass is 10.0. The number of carbonyl (C=O) groups is 2. The second-order valence-corrected chi connectivity index (χ2v) is 7.74. The maximum Gasteiger partial charge on any atom is 0.310 e. The van der Waals surface area contributed by atoms with E-state index >= 15 is 0 Å². The number of aromatic amines is 1. The van der Waals surface area contributed by atoms with Crippen LogP contribution in [0.15, 0.2) is 48.8 Å². The Bertz CT molecular complexity index is 1040. The molecule has 0 fully saturated rings. The van der Waals surface area contributed by atoms with Crippen LogP contribution in [0.4, 0.5) is 0 Å². The number of nitrogens with one attached hydrogen (secondary N) is 1. The molecule has 3 aromatic rings. The van der Waals surface area contributed by atoms with Crippen molar-refractivity contribution in [3.63, 3.8) is 0 Å². The van der Waals surface area contributed by atoms with Gasteiger partial charge in [0, 0.05) is 40.1 Å². The van der Waals surface area contributed by atoms with Crippen molar-refractivity contribution in [2.75, 3.05) is 0 Å². The summed E-state index contributed by atoms with van der Waals surface area (Å²) >= 11 is 0. The molecule has 3 rings (SSSR count). The van der Waals surface area contributed by atoms with Crippen LogP contribution in [0.25, 0.3) is 17.0 Å². The van der Waals surface area contributed by atoms with Gasteiger partial charge in [0.15, 0.2) is 5.78 Å². The number of nitrogens with zero attached hydrogens (tertiary/aromatic N) is 1. The smallest absolute Gasteiger partial charge is 0.310 e. The molecule has 2 heterocycles. The van der Waals surface area contributed by atoms with Crippen molar-refractivity contribution < 1.29 is 14.3 Å². The fourth-order valence-corrected chi connectivity index (χ4v) is 3.04. The van der Waals surface area contributed by atoms with Crippen molar-refractivity contribution >= 4 is 28.7 Å². The summed E-state index contributed by atoms with van der Waals surface area (Å²) in [5.41, 5.74) is 3.81. The first-order valence-corrected chi connectivity index (χ1v) is 9.18. The van der Waals surface area contributed by atoms with Gasteiger partial charge in [-0.05, 0) is 69.7 Å². The third kappa shape index (κ3) is 4.74. The number of carbonyl (C=O) groups excluding carboxylic acids is 2. The van der Waals surface area contributed by atoms with Gasteiger partial charge < -0.3 is 9.72 Å². The predicted molar refractivity (Wildman–Crippen MR) is 110 cm³/mol. The highest BCUT2D eigenvalue weighted by molar-refractivity contribution is 6.08. The quantitative estimate of drug-likeness (QED) is 0.400. The lowest BCUT2D eigenvalue weighted by Crippen LogP contribution is -2.24. The second-order valence-electron chi connectivity index (χ2n) is 7.74. The van der Waals surface area contributed by atoms with Crippen LogP contribution >= 0.6 is 0 Å². The summed E-state index contributed by atoms with van der Waals surface area (Å²) in [5.74, 6) is -0.342. The molecule has 0 radical (unpaired) electrons. The monoisotopic (exact) mass is 376 g/mol. The van der Waals surface area contributed by atoms with E-state index in [4.69, 9.17) is 4.74 Å². The van der Waals surface area contributed by atoms with Crippen molar-refractivity contribution in [1.82, 2.24) is 9.97 Å². The summed E-state index contributed by atoms with van der Waals surface area (Å²) in [4.78, 5) is 31.7. The molecular formula is C23H24N2O3. The molecule has 5 heteroatoms. The van der Waals surface area contributed by atoms with E-state index in [-0.39, 0.29) is 18.2 Å². The van der Waals surface area contributed by atoms with Gasteiger partial charge in [-0.3, -0.25) is 14.6 Å². The Balaban J connectivity index is 1.86. The number of hydrogen-bond acceptors (Lipinski definition) is 4. The molecule has 1 aromatic carbocycles. The molecule has 5 nitrogen and oxygen atoms in total. The average molecular weight is 376 g/mol. The number of H-pyrrole nitrogens is 1. The first-order valence-electron chi connectivity index (χ1n) is 9.18. The van der Waals surface area contributed by atoms with Crippen LogP contribution in [0.1, 0.15) is 48.0 Å². The largest absolute Gasteiger partial charge is 0.460 e. The third-order valence-electron chi connectivity index (χ3n) is 4.24. The molecule has 0 amide bonds. The zero-order chi connectivity index (χ0) is 20.3. The molecule has 144 valence electrons. The van der Waals surface area contributed by atoms with E-state index in [0.29, 0.717) is 5.56 Å². The number of ether oxygens (including phenoxy) is 1. The van der Waals surface area contributed by atoms with Gasteiger partial charge in [0.1, 0.15) is 5.60 Å². The van der Waals surface area contributed by atoms with E-state index in [9.17, 15) is 9.59 Å². The van der Waals surface area contributed by atoms with E-state index in [1.165, 1.54) is 0 Å².